The van der Waals surface area contributed by atoms with Crippen LogP contribution in [0.2, 0.25) is 0 Å². The van der Waals surface area contributed by atoms with E-state index in [4.69, 9.17) is 14.2 Å². The maximum atomic E-state index is 12.2. The Kier molecular flexibility index (Phi) is 5.61. The molecule has 27 heavy (non-hydrogen) atoms. The van der Waals surface area contributed by atoms with Gasteiger partial charge in [-0.05, 0) is 23.8 Å². The zero-order chi connectivity index (χ0) is 19.4. The minimum atomic E-state index is -0.934. The predicted molar refractivity (Wildman–Crippen MR) is 96.7 cm³/mol. The Labute approximate surface area is 156 Å². The van der Waals surface area contributed by atoms with Gasteiger partial charge in [0.1, 0.15) is 17.6 Å². The molecule has 1 aliphatic rings. The van der Waals surface area contributed by atoms with E-state index in [0.29, 0.717) is 28.2 Å². The number of benzene rings is 2. The van der Waals surface area contributed by atoms with E-state index < -0.39 is 18.2 Å². The van der Waals surface area contributed by atoms with Crippen LogP contribution >= 0.6 is 0 Å². The van der Waals surface area contributed by atoms with Crippen LogP contribution in [-0.2, 0) is 9.53 Å². The molecule has 0 aromatic heterocycles. The van der Waals surface area contributed by atoms with Crippen molar-refractivity contribution in [2.45, 2.75) is 18.6 Å². The van der Waals surface area contributed by atoms with E-state index >= 15 is 0 Å². The van der Waals surface area contributed by atoms with Gasteiger partial charge >= 0.3 is 5.97 Å². The molecule has 2 atom stereocenters. The van der Waals surface area contributed by atoms with Crippen LogP contribution in [0.25, 0.3) is 0 Å². The first kappa shape index (κ1) is 18.7. The molecular weight excluding hydrogens is 350 g/mol. The standard InChI is InChI=1S/C20H21NO6/c1-25-13-7-12(8-14(9-13)26-2)17(22)11-21-19(23)10-18-15-5-3-4-6-16(15)20(24)27-18/h3-9,17-18,22H,10-11H2,1-2H3,(H,21,23). The number of hydrogen-bond donors (Lipinski definition) is 2. The van der Waals surface area contributed by atoms with Crippen LogP contribution in [0.1, 0.15) is 40.1 Å². The van der Waals surface area contributed by atoms with Gasteiger partial charge in [-0.25, -0.2) is 4.79 Å². The van der Waals surface area contributed by atoms with Gasteiger partial charge in [-0.2, -0.15) is 0 Å². The largest absolute Gasteiger partial charge is 0.497 e. The van der Waals surface area contributed by atoms with Crippen LogP contribution in [0.3, 0.4) is 0 Å². The average molecular weight is 371 g/mol. The van der Waals surface area contributed by atoms with Gasteiger partial charge in [0.25, 0.3) is 0 Å². The average Bonchev–Trinajstić information content (AvgIpc) is 3.01. The van der Waals surface area contributed by atoms with Crippen molar-refractivity contribution in [3.63, 3.8) is 0 Å². The molecule has 1 heterocycles. The normalized spacial score (nSPS) is 16.3. The van der Waals surface area contributed by atoms with E-state index in [-0.39, 0.29) is 18.9 Å². The van der Waals surface area contributed by atoms with Gasteiger partial charge in [0.2, 0.25) is 5.91 Å². The van der Waals surface area contributed by atoms with Crippen molar-refractivity contribution >= 4 is 11.9 Å². The Morgan fingerprint density at radius 3 is 2.52 bits per heavy atom. The maximum Gasteiger partial charge on any atom is 0.339 e. The number of rotatable bonds is 7. The summed E-state index contributed by atoms with van der Waals surface area (Å²) in [5.41, 5.74) is 1.75. The van der Waals surface area contributed by atoms with Crippen molar-refractivity contribution in [2.24, 2.45) is 0 Å². The van der Waals surface area contributed by atoms with Gasteiger partial charge in [-0.15, -0.1) is 0 Å². The van der Waals surface area contributed by atoms with Crippen LogP contribution in [0.5, 0.6) is 11.5 Å². The lowest BCUT2D eigenvalue weighted by molar-refractivity contribution is -0.123. The van der Waals surface area contributed by atoms with Gasteiger partial charge in [0.05, 0.1) is 32.3 Å². The molecule has 2 unspecified atom stereocenters. The topological polar surface area (TPSA) is 94.1 Å². The number of ether oxygens (including phenoxy) is 3. The fourth-order valence-electron chi connectivity index (χ4n) is 2.96. The Balaban J connectivity index is 1.59. The van der Waals surface area contributed by atoms with Crippen LogP contribution in [-0.4, -0.2) is 37.7 Å². The number of carbonyl (C=O) groups is 2. The summed E-state index contributed by atoms with van der Waals surface area (Å²) in [6.45, 7) is 0.0114. The summed E-state index contributed by atoms with van der Waals surface area (Å²) in [6, 6.07) is 12.0. The molecule has 0 saturated carbocycles. The first-order chi connectivity index (χ1) is 13.0. The molecule has 2 aromatic rings. The minimum Gasteiger partial charge on any atom is -0.497 e. The molecule has 2 aromatic carbocycles. The van der Waals surface area contributed by atoms with Crippen LogP contribution in [0, 0.1) is 0 Å². The molecule has 3 rings (SSSR count). The second kappa shape index (κ2) is 8.09. The minimum absolute atomic E-state index is 0.00307. The number of aliphatic hydroxyl groups is 1. The van der Waals surface area contributed by atoms with Crippen LogP contribution < -0.4 is 14.8 Å². The Morgan fingerprint density at radius 1 is 1.19 bits per heavy atom. The highest BCUT2D eigenvalue weighted by atomic mass is 16.5. The van der Waals surface area contributed by atoms with Gasteiger partial charge in [0, 0.05) is 18.2 Å². The van der Waals surface area contributed by atoms with E-state index in [2.05, 4.69) is 5.32 Å². The lowest BCUT2D eigenvalue weighted by Gasteiger charge is -2.16. The number of fused-ring (bicyclic) bond motifs is 1. The van der Waals surface area contributed by atoms with E-state index in [1.54, 1.807) is 42.5 Å². The van der Waals surface area contributed by atoms with Crippen molar-refractivity contribution in [1.29, 1.82) is 0 Å². The van der Waals surface area contributed by atoms with Crippen molar-refractivity contribution in [1.82, 2.24) is 5.32 Å². The summed E-state index contributed by atoms with van der Waals surface area (Å²) in [5, 5.41) is 13.0. The highest BCUT2D eigenvalue weighted by Gasteiger charge is 2.32. The summed E-state index contributed by atoms with van der Waals surface area (Å²) < 4.78 is 15.6. The van der Waals surface area contributed by atoms with Gasteiger partial charge in [-0.1, -0.05) is 18.2 Å². The van der Waals surface area contributed by atoms with Crippen molar-refractivity contribution < 1.29 is 28.9 Å². The Hall–Kier alpha value is -3.06. The number of methoxy groups -OCH3 is 2. The molecule has 1 amide bonds. The lowest BCUT2D eigenvalue weighted by atomic mass is 10.0. The van der Waals surface area contributed by atoms with Crippen molar-refractivity contribution in [3.05, 3.63) is 59.2 Å². The maximum absolute atomic E-state index is 12.2. The van der Waals surface area contributed by atoms with Crippen molar-refractivity contribution in [2.75, 3.05) is 20.8 Å². The first-order valence-corrected chi connectivity index (χ1v) is 8.49. The second-order valence-corrected chi connectivity index (χ2v) is 6.15. The number of hydrogen-bond acceptors (Lipinski definition) is 6. The molecule has 142 valence electrons. The fourth-order valence-corrected chi connectivity index (χ4v) is 2.96. The Morgan fingerprint density at radius 2 is 1.85 bits per heavy atom. The van der Waals surface area contributed by atoms with Crippen molar-refractivity contribution in [3.8, 4) is 11.5 Å². The molecule has 0 bridgehead atoms. The summed E-state index contributed by atoms with van der Waals surface area (Å²) >= 11 is 0. The fraction of sp³-hybridized carbons (Fsp3) is 0.300. The number of nitrogens with one attached hydrogen (secondary N) is 1. The molecule has 0 aliphatic carbocycles. The summed E-state index contributed by atoms with van der Waals surface area (Å²) in [5.74, 6) is 0.346. The number of esters is 1. The lowest BCUT2D eigenvalue weighted by Crippen LogP contribution is -2.29. The Bertz CT molecular complexity index is 828. The van der Waals surface area contributed by atoms with E-state index in [1.165, 1.54) is 14.2 Å². The SMILES string of the molecule is COc1cc(OC)cc(C(O)CNC(=O)CC2OC(=O)c3ccccc32)c1. The summed E-state index contributed by atoms with van der Waals surface area (Å²) in [7, 11) is 3.04. The van der Waals surface area contributed by atoms with Gasteiger partial charge < -0.3 is 24.6 Å². The molecule has 0 fully saturated rings. The third-order valence-corrected chi connectivity index (χ3v) is 4.40. The number of cyclic esters (lactones) is 1. The zero-order valence-corrected chi connectivity index (χ0v) is 15.1. The molecule has 1 aliphatic heterocycles. The third kappa shape index (κ3) is 4.20. The van der Waals surface area contributed by atoms with Crippen LogP contribution in [0.15, 0.2) is 42.5 Å². The number of aliphatic hydroxyl groups excluding tert-OH is 1. The smallest absolute Gasteiger partial charge is 0.339 e. The zero-order valence-electron chi connectivity index (χ0n) is 15.1. The molecule has 7 heteroatoms. The molecular formula is C20H21NO6. The molecule has 0 radical (unpaired) electrons. The van der Waals surface area contributed by atoms with Crippen LogP contribution in [0.4, 0.5) is 0 Å². The second-order valence-electron chi connectivity index (χ2n) is 6.15. The van der Waals surface area contributed by atoms with E-state index in [0.717, 1.165) is 0 Å². The number of carbonyl (C=O) groups excluding carboxylic acids is 2. The highest BCUT2D eigenvalue weighted by Crippen LogP contribution is 2.32. The quantitative estimate of drug-likeness (QED) is 0.725. The molecule has 0 saturated heterocycles. The van der Waals surface area contributed by atoms with E-state index in [1.807, 2.05) is 0 Å². The van der Waals surface area contributed by atoms with E-state index in [9.17, 15) is 14.7 Å². The number of amides is 1. The first-order valence-electron chi connectivity index (χ1n) is 8.49. The summed E-state index contributed by atoms with van der Waals surface area (Å²) in [4.78, 5) is 24.0. The third-order valence-electron chi connectivity index (χ3n) is 4.40. The molecule has 2 N–H and O–H groups in total. The molecule has 7 nitrogen and oxygen atoms in total. The monoisotopic (exact) mass is 371 g/mol. The highest BCUT2D eigenvalue weighted by molar-refractivity contribution is 5.94. The molecule has 0 spiro atoms. The summed E-state index contributed by atoms with van der Waals surface area (Å²) in [6.07, 6.45) is -1.55. The van der Waals surface area contributed by atoms with Gasteiger partial charge in [0.15, 0.2) is 0 Å². The predicted octanol–water partition coefficient (Wildman–Crippen LogP) is 2.16. The van der Waals surface area contributed by atoms with Gasteiger partial charge in [-0.3, -0.25) is 4.79 Å².